The summed E-state index contributed by atoms with van der Waals surface area (Å²) in [7, 11) is -3.54. The highest BCUT2D eigenvalue weighted by molar-refractivity contribution is 7.89. The molecule has 0 radical (unpaired) electrons. The Kier molecular flexibility index (Phi) is 7.32. The van der Waals surface area contributed by atoms with Crippen LogP contribution in [-0.2, 0) is 19.6 Å². The van der Waals surface area contributed by atoms with Gasteiger partial charge in [-0.05, 0) is 42.5 Å². The van der Waals surface area contributed by atoms with Crippen molar-refractivity contribution in [3.05, 3.63) is 53.6 Å². The summed E-state index contributed by atoms with van der Waals surface area (Å²) in [4.78, 5) is 17.1. The van der Waals surface area contributed by atoms with E-state index in [2.05, 4.69) is 15.1 Å². The number of carbonyl (C=O) groups is 1. The number of morpholine rings is 1. The second-order valence-electron chi connectivity index (χ2n) is 7.83. The fraction of sp³-hybridized carbons (Fsp3) is 0.409. The lowest BCUT2D eigenvalue weighted by Crippen LogP contribution is -2.48. The smallest absolute Gasteiger partial charge is 0.243 e. The van der Waals surface area contributed by atoms with E-state index >= 15 is 0 Å². The van der Waals surface area contributed by atoms with Crippen molar-refractivity contribution in [2.24, 2.45) is 0 Å². The molecule has 1 amide bonds. The highest BCUT2D eigenvalue weighted by Crippen LogP contribution is 2.21. The first-order valence-electron chi connectivity index (χ1n) is 10.6. The number of ether oxygens (including phenoxy) is 1. The maximum absolute atomic E-state index is 12.7. The molecule has 10 heteroatoms. The van der Waals surface area contributed by atoms with Gasteiger partial charge in [0.15, 0.2) is 0 Å². The van der Waals surface area contributed by atoms with Gasteiger partial charge in [0.25, 0.3) is 0 Å². The van der Waals surface area contributed by atoms with E-state index in [1.807, 2.05) is 24.3 Å². The van der Waals surface area contributed by atoms with Crippen LogP contribution < -0.4 is 10.2 Å². The summed E-state index contributed by atoms with van der Waals surface area (Å²) in [6.07, 6.45) is 0. The van der Waals surface area contributed by atoms with Gasteiger partial charge in [0.1, 0.15) is 0 Å². The second-order valence-corrected chi connectivity index (χ2v) is 10.2. The van der Waals surface area contributed by atoms with Crippen molar-refractivity contribution in [1.29, 1.82) is 0 Å². The van der Waals surface area contributed by atoms with E-state index < -0.39 is 10.0 Å². The largest absolute Gasteiger partial charge is 0.379 e. The normalized spacial score (nSPS) is 18.5. The number of anilines is 2. The predicted molar refractivity (Wildman–Crippen MR) is 125 cm³/mol. The topological polar surface area (TPSA) is 82.2 Å². The molecule has 172 valence electrons. The molecule has 2 aliphatic rings. The first-order valence-corrected chi connectivity index (χ1v) is 12.4. The van der Waals surface area contributed by atoms with Crippen molar-refractivity contribution >= 4 is 38.9 Å². The summed E-state index contributed by atoms with van der Waals surface area (Å²) < 4.78 is 32.0. The van der Waals surface area contributed by atoms with Crippen molar-refractivity contribution in [2.45, 2.75) is 4.90 Å². The molecule has 0 aliphatic carbocycles. The van der Waals surface area contributed by atoms with Gasteiger partial charge in [0, 0.05) is 55.7 Å². The maximum atomic E-state index is 12.7. The number of halogens is 1. The monoisotopic (exact) mass is 478 g/mol. The summed E-state index contributed by atoms with van der Waals surface area (Å²) in [5.74, 6) is -0.120. The lowest BCUT2D eigenvalue weighted by atomic mass is 10.2. The second kappa shape index (κ2) is 10.2. The number of nitrogens with one attached hydrogen (secondary N) is 1. The molecule has 8 nitrogen and oxygen atoms in total. The van der Waals surface area contributed by atoms with Crippen LogP contribution in [0.1, 0.15) is 0 Å². The zero-order valence-electron chi connectivity index (χ0n) is 17.7. The van der Waals surface area contributed by atoms with Gasteiger partial charge in [-0.2, -0.15) is 4.31 Å². The van der Waals surface area contributed by atoms with E-state index in [1.165, 1.54) is 16.4 Å². The van der Waals surface area contributed by atoms with Gasteiger partial charge in [-0.3, -0.25) is 9.69 Å². The minimum absolute atomic E-state index is 0.120. The van der Waals surface area contributed by atoms with E-state index in [4.69, 9.17) is 16.3 Å². The highest BCUT2D eigenvalue weighted by Gasteiger charge is 2.26. The highest BCUT2D eigenvalue weighted by atomic mass is 35.5. The number of hydrogen-bond acceptors (Lipinski definition) is 6. The standard InChI is InChI=1S/C22H27ClN4O4S/c23-18-2-1-3-20(16-18)26-10-8-25(9-11-26)17-22(28)24-19-4-6-21(7-5-19)32(29,30)27-12-14-31-15-13-27/h1-7,16H,8-15,17H2,(H,24,28). The molecule has 1 N–H and O–H groups in total. The van der Waals surface area contributed by atoms with Crippen LogP contribution >= 0.6 is 11.6 Å². The molecule has 4 rings (SSSR count). The van der Waals surface area contributed by atoms with E-state index in [9.17, 15) is 13.2 Å². The molecule has 2 aliphatic heterocycles. The number of carbonyl (C=O) groups excluding carboxylic acids is 1. The third kappa shape index (κ3) is 5.60. The Hall–Kier alpha value is -2.17. The molecule has 2 aromatic carbocycles. The van der Waals surface area contributed by atoms with E-state index in [1.54, 1.807) is 12.1 Å². The van der Waals surface area contributed by atoms with Gasteiger partial charge < -0.3 is 15.0 Å². The Bertz CT molecular complexity index is 1030. The predicted octanol–water partition coefficient (Wildman–Crippen LogP) is 2.12. The third-order valence-electron chi connectivity index (χ3n) is 5.66. The Morgan fingerprint density at radius 3 is 2.31 bits per heavy atom. The first kappa shape index (κ1) is 23.0. The molecule has 0 saturated carbocycles. The summed E-state index contributed by atoms with van der Waals surface area (Å²) >= 11 is 6.08. The van der Waals surface area contributed by atoms with Crippen molar-refractivity contribution in [2.75, 3.05) is 69.2 Å². The number of hydrogen-bond donors (Lipinski definition) is 1. The fourth-order valence-corrected chi connectivity index (χ4v) is 5.48. The van der Waals surface area contributed by atoms with Crippen molar-refractivity contribution in [1.82, 2.24) is 9.21 Å². The molecule has 0 unspecified atom stereocenters. The van der Waals surface area contributed by atoms with Crippen molar-refractivity contribution in [3.8, 4) is 0 Å². The van der Waals surface area contributed by atoms with Gasteiger partial charge in [0.2, 0.25) is 15.9 Å². The van der Waals surface area contributed by atoms with Gasteiger partial charge in [-0.1, -0.05) is 17.7 Å². The number of amides is 1. The van der Waals surface area contributed by atoms with Crippen LogP contribution in [0.25, 0.3) is 0 Å². The first-order chi connectivity index (χ1) is 15.4. The molecule has 2 saturated heterocycles. The summed E-state index contributed by atoms with van der Waals surface area (Å²) in [5.41, 5.74) is 1.67. The molecule has 0 atom stereocenters. The zero-order chi connectivity index (χ0) is 22.6. The van der Waals surface area contributed by atoms with E-state index in [-0.39, 0.29) is 17.3 Å². The molecule has 0 spiro atoms. The zero-order valence-corrected chi connectivity index (χ0v) is 19.3. The average Bonchev–Trinajstić information content (AvgIpc) is 2.80. The van der Waals surface area contributed by atoms with E-state index in [0.717, 1.165) is 31.9 Å². The lowest BCUT2D eigenvalue weighted by Gasteiger charge is -2.35. The molecule has 2 aromatic rings. The number of rotatable bonds is 6. The van der Waals surface area contributed by atoms with E-state index in [0.29, 0.717) is 37.0 Å². The Morgan fingerprint density at radius 2 is 1.66 bits per heavy atom. The van der Waals surface area contributed by atoms with Crippen LogP contribution in [0.4, 0.5) is 11.4 Å². The molecule has 32 heavy (non-hydrogen) atoms. The van der Waals surface area contributed by atoms with Crippen LogP contribution in [0.15, 0.2) is 53.4 Å². The summed E-state index contributed by atoms with van der Waals surface area (Å²) in [6, 6.07) is 14.1. The molecule has 2 fully saturated rings. The van der Waals surface area contributed by atoms with Gasteiger partial charge >= 0.3 is 0 Å². The Morgan fingerprint density at radius 1 is 0.969 bits per heavy atom. The lowest BCUT2D eigenvalue weighted by molar-refractivity contribution is -0.117. The van der Waals surface area contributed by atoms with Crippen LogP contribution in [0.5, 0.6) is 0 Å². The quantitative estimate of drug-likeness (QED) is 0.685. The minimum Gasteiger partial charge on any atom is -0.379 e. The number of benzene rings is 2. The number of piperazine rings is 1. The molecule has 2 heterocycles. The summed E-state index contributed by atoms with van der Waals surface area (Å²) in [6.45, 7) is 4.99. The summed E-state index contributed by atoms with van der Waals surface area (Å²) in [5, 5.41) is 3.57. The van der Waals surface area contributed by atoms with Gasteiger partial charge in [0.05, 0.1) is 24.7 Å². The molecule has 0 bridgehead atoms. The maximum Gasteiger partial charge on any atom is 0.243 e. The molecular formula is C22H27ClN4O4S. The van der Waals surface area contributed by atoms with Crippen LogP contribution in [0, 0.1) is 0 Å². The molecular weight excluding hydrogens is 452 g/mol. The number of nitrogens with zero attached hydrogens (tertiary/aromatic N) is 3. The molecule has 0 aromatic heterocycles. The van der Waals surface area contributed by atoms with Crippen molar-refractivity contribution in [3.63, 3.8) is 0 Å². The fourth-order valence-electron chi connectivity index (χ4n) is 3.89. The van der Waals surface area contributed by atoms with Crippen molar-refractivity contribution < 1.29 is 17.9 Å². The average molecular weight is 479 g/mol. The number of sulfonamides is 1. The van der Waals surface area contributed by atoms with Crippen LogP contribution in [0.2, 0.25) is 5.02 Å². The van der Waals surface area contributed by atoms with Gasteiger partial charge in [-0.15, -0.1) is 0 Å². The van der Waals surface area contributed by atoms with Crippen LogP contribution in [-0.4, -0.2) is 82.6 Å². The SMILES string of the molecule is O=C(CN1CCN(c2cccc(Cl)c2)CC1)Nc1ccc(S(=O)(=O)N2CCOCC2)cc1. The third-order valence-corrected chi connectivity index (χ3v) is 7.81. The minimum atomic E-state index is -3.54. The Labute approximate surface area is 193 Å². The Balaban J connectivity index is 1.27. The van der Waals surface area contributed by atoms with Crippen LogP contribution in [0.3, 0.4) is 0 Å². The van der Waals surface area contributed by atoms with Gasteiger partial charge in [-0.25, -0.2) is 8.42 Å².